The minimum atomic E-state index is -0.104. The van der Waals surface area contributed by atoms with Crippen LogP contribution in [0.2, 0.25) is 0 Å². The van der Waals surface area contributed by atoms with Crippen LogP contribution in [0, 0.1) is 0 Å². The number of carbonyl (C=O) groups is 1. The second-order valence-corrected chi connectivity index (χ2v) is 4.19. The van der Waals surface area contributed by atoms with Gasteiger partial charge in [-0.2, -0.15) is 0 Å². The Kier molecular flexibility index (Phi) is 4.55. The van der Waals surface area contributed by atoms with E-state index in [-0.39, 0.29) is 12.5 Å². The van der Waals surface area contributed by atoms with Crippen molar-refractivity contribution in [3.05, 3.63) is 23.8 Å². The first kappa shape index (κ1) is 12.9. The zero-order valence-corrected chi connectivity index (χ0v) is 10.5. The molecular formula is C13H18N2O3. The molecule has 0 fully saturated rings. The Morgan fingerprint density at radius 2 is 2.39 bits per heavy atom. The van der Waals surface area contributed by atoms with Gasteiger partial charge in [-0.3, -0.25) is 4.79 Å². The van der Waals surface area contributed by atoms with Crippen LogP contribution >= 0.6 is 0 Å². The molecule has 0 aliphatic carbocycles. The smallest absolute Gasteiger partial charge is 0.262 e. The van der Waals surface area contributed by atoms with Gasteiger partial charge in [-0.05, 0) is 30.7 Å². The molecule has 0 atom stereocenters. The standard InChI is InChI=1S/C13H18N2O3/c1-17-6-2-5-14-8-10-3-4-12-11(7-10)15-13(16)9-18-12/h3-4,7,14H,2,5-6,8-9H2,1H3,(H,15,16). The van der Waals surface area contributed by atoms with Gasteiger partial charge in [0.15, 0.2) is 6.61 Å². The second kappa shape index (κ2) is 6.37. The van der Waals surface area contributed by atoms with E-state index in [9.17, 15) is 4.79 Å². The number of hydrogen-bond acceptors (Lipinski definition) is 4. The number of amides is 1. The lowest BCUT2D eigenvalue weighted by Gasteiger charge is -2.18. The average molecular weight is 250 g/mol. The lowest BCUT2D eigenvalue weighted by Crippen LogP contribution is -2.25. The number of rotatable bonds is 6. The zero-order valence-electron chi connectivity index (χ0n) is 10.5. The monoisotopic (exact) mass is 250 g/mol. The maximum absolute atomic E-state index is 11.2. The fraction of sp³-hybridized carbons (Fsp3) is 0.462. The van der Waals surface area contributed by atoms with Crippen molar-refractivity contribution in [3.63, 3.8) is 0 Å². The van der Waals surface area contributed by atoms with Crippen molar-refractivity contribution in [2.45, 2.75) is 13.0 Å². The van der Waals surface area contributed by atoms with Crippen molar-refractivity contribution in [1.29, 1.82) is 0 Å². The first-order valence-electron chi connectivity index (χ1n) is 6.05. The Hall–Kier alpha value is -1.59. The van der Waals surface area contributed by atoms with E-state index in [0.717, 1.165) is 43.1 Å². The van der Waals surface area contributed by atoms with Crippen LogP contribution < -0.4 is 15.4 Å². The summed E-state index contributed by atoms with van der Waals surface area (Å²) in [6.07, 6.45) is 0.987. The van der Waals surface area contributed by atoms with E-state index in [1.165, 1.54) is 0 Å². The highest BCUT2D eigenvalue weighted by atomic mass is 16.5. The minimum absolute atomic E-state index is 0.0988. The predicted octanol–water partition coefficient (Wildman–Crippen LogP) is 1.14. The van der Waals surface area contributed by atoms with Gasteiger partial charge in [0.05, 0.1) is 5.69 Å². The second-order valence-electron chi connectivity index (χ2n) is 4.19. The van der Waals surface area contributed by atoms with Crippen molar-refractivity contribution < 1.29 is 14.3 Å². The van der Waals surface area contributed by atoms with Crippen LogP contribution in [0.15, 0.2) is 18.2 Å². The fourth-order valence-electron chi connectivity index (χ4n) is 1.81. The third kappa shape index (κ3) is 3.45. The van der Waals surface area contributed by atoms with Crippen molar-refractivity contribution in [1.82, 2.24) is 5.32 Å². The number of carbonyl (C=O) groups excluding carboxylic acids is 1. The van der Waals surface area contributed by atoms with E-state index in [2.05, 4.69) is 10.6 Å². The molecule has 0 saturated heterocycles. The van der Waals surface area contributed by atoms with Crippen LogP contribution in [0.5, 0.6) is 5.75 Å². The lowest BCUT2D eigenvalue weighted by atomic mass is 10.1. The number of methoxy groups -OCH3 is 1. The summed E-state index contributed by atoms with van der Waals surface area (Å²) in [6.45, 7) is 2.54. The van der Waals surface area contributed by atoms with Gasteiger partial charge in [0.1, 0.15) is 5.75 Å². The molecule has 0 bridgehead atoms. The highest BCUT2D eigenvalue weighted by Gasteiger charge is 2.15. The first-order valence-corrected chi connectivity index (χ1v) is 6.05. The molecule has 2 rings (SSSR count). The number of anilines is 1. The minimum Gasteiger partial charge on any atom is -0.482 e. The largest absolute Gasteiger partial charge is 0.482 e. The third-order valence-electron chi connectivity index (χ3n) is 2.71. The normalized spacial score (nSPS) is 13.7. The molecule has 0 saturated carbocycles. The highest BCUT2D eigenvalue weighted by molar-refractivity contribution is 5.95. The zero-order chi connectivity index (χ0) is 12.8. The van der Waals surface area contributed by atoms with Crippen LogP contribution in [0.25, 0.3) is 0 Å². The lowest BCUT2D eigenvalue weighted by molar-refractivity contribution is -0.118. The molecule has 1 aromatic carbocycles. The SMILES string of the molecule is COCCCNCc1ccc2c(c1)NC(=O)CO2. The maximum Gasteiger partial charge on any atom is 0.262 e. The van der Waals surface area contributed by atoms with Crippen LogP contribution in [0.4, 0.5) is 5.69 Å². The number of nitrogens with one attached hydrogen (secondary N) is 2. The van der Waals surface area contributed by atoms with Crippen LogP contribution in [-0.2, 0) is 16.1 Å². The number of hydrogen-bond donors (Lipinski definition) is 2. The molecule has 5 nitrogen and oxygen atoms in total. The summed E-state index contributed by atoms with van der Waals surface area (Å²) >= 11 is 0. The van der Waals surface area contributed by atoms with Gasteiger partial charge < -0.3 is 20.1 Å². The van der Waals surface area contributed by atoms with E-state index in [4.69, 9.17) is 9.47 Å². The van der Waals surface area contributed by atoms with E-state index in [0.29, 0.717) is 0 Å². The highest BCUT2D eigenvalue weighted by Crippen LogP contribution is 2.28. The molecule has 1 aromatic rings. The number of benzene rings is 1. The molecule has 0 unspecified atom stereocenters. The summed E-state index contributed by atoms with van der Waals surface area (Å²) in [5.41, 5.74) is 1.87. The van der Waals surface area contributed by atoms with Crippen molar-refractivity contribution in [2.75, 3.05) is 32.2 Å². The summed E-state index contributed by atoms with van der Waals surface area (Å²) in [7, 11) is 1.70. The third-order valence-corrected chi connectivity index (χ3v) is 2.71. The number of fused-ring (bicyclic) bond motifs is 1. The quantitative estimate of drug-likeness (QED) is 0.743. The molecule has 2 N–H and O–H groups in total. The summed E-state index contributed by atoms with van der Waals surface area (Å²) in [5, 5.41) is 6.12. The van der Waals surface area contributed by atoms with Gasteiger partial charge in [-0.15, -0.1) is 0 Å². The van der Waals surface area contributed by atoms with Crippen LogP contribution in [0.1, 0.15) is 12.0 Å². The summed E-state index contributed by atoms with van der Waals surface area (Å²) < 4.78 is 10.3. The molecule has 1 aliphatic heterocycles. The van der Waals surface area contributed by atoms with E-state index in [1.807, 2.05) is 18.2 Å². The molecule has 5 heteroatoms. The molecule has 18 heavy (non-hydrogen) atoms. The van der Waals surface area contributed by atoms with Gasteiger partial charge >= 0.3 is 0 Å². The summed E-state index contributed by atoms with van der Waals surface area (Å²) in [5.74, 6) is 0.630. The van der Waals surface area contributed by atoms with Crippen molar-refractivity contribution in [2.24, 2.45) is 0 Å². The van der Waals surface area contributed by atoms with Gasteiger partial charge in [0.2, 0.25) is 0 Å². The molecule has 1 amide bonds. The maximum atomic E-state index is 11.2. The summed E-state index contributed by atoms with van der Waals surface area (Å²) in [6, 6.07) is 5.83. The van der Waals surface area contributed by atoms with Gasteiger partial charge in [0, 0.05) is 20.3 Å². The Balaban J connectivity index is 1.86. The molecule has 0 radical (unpaired) electrons. The van der Waals surface area contributed by atoms with Crippen molar-refractivity contribution >= 4 is 11.6 Å². The fourth-order valence-corrected chi connectivity index (χ4v) is 1.81. The topological polar surface area (TPSA) is 59.6 Å². The molecule has 0 spiro atoms. The van der Waals surface area contributed by atoms with Gasteiger partial charge in [-0.1, -0.05) is 6.07 Å². The number of ether oxygens (including phenoxy) is 2. The Labute approximate surface area is 106 Å². The average Bonchev–Trinajstić information content (AvgIpc) is 2.38. The van der Waals surface area contributed by atoms with E-state index >= 15 is 0 Å². The first-order chi connectivity index (χ1) is 8.79. The molecule has 1 aliphatic rings. The van der Waals surface area contributed by atoms with Gasteiger partial charge in [-0.25, -0.2) is 0 Å². The molecule has 98 valence electrons. The van der Waals surface area contributed by atoms with E-state index < -0.39 is 0 Å². The molecule has 1 heterocycles. The molecule has 0 aromatic heterocycles. The molecular weight excluding hydrogens is 232 g/mol. The Morgan fingerprint density at radius 3 is 3.22 bits per heavy atom. The Bertz CT molecular complexity index is 421. The van der Waals surface area contributed by atoms with E-state index in [1.54, 1.807) is 7.11 Å². The predicted molar refractivity (Wildman–Crippen MR) is 68.8 cm³/mol. The van der Waals surface area contributed by atoms with Crippen LogP contribution in [-0.4, -0.2) is 32.8 Å². The van der Waals surface area contributed by atoms with Crippen molar-refractivity contribution in [3.8, 4) is 5.75 Å². The van der Waals surface area contributed by atoms with Crippen LogP contribution in [0.3, 0.4) is 0 Å². The van der Waals surface area contributed by atoms with Gasteiger partial charge in [0.25, 0.3) is 5.91 Å². The summed E-state index contributed by atoms with van der Waals surface area (Å²) in [4.78, 5) is 11.2. The Morgan fingerprint density at radius 1 is 1.50 bits per heavy atom.